The number of aromatic nitrogens is 2. The monoisotopic (exact) mass is 438 g/mol. The summed E-state index contributed by atoms with van der Waals surface area (Å²) in [4.78, 5) is 32.8. The zero-order chi connectivity index (χ0) is 22.2. The first-order chi connectivity index (χ1) is 14.8. The van der Waals surface area contributed by atoms with Crippen LogP contribution in [0.3, 0.4) is 0 Å². The lowest BCUT2D eigenvalue weighted by molar-refractivity contribution is -0.130. The summed E-state index contributed by atoms with van der Waals surface area (Å²) in [5.41, 5.74) is 2.85. The summed E-state index contributed by atoms with van der Waals surface area (Å²) in [6.07, 6.45) is 0.950. The Bertz CT molecular complexity index is 1140. The number of nitrogens with zero attached hydrogens (tertiary/aromatic N) is 3. The van der Waals surface area contributed by atoms with E-state index in [1.54, 1.807) is 11.9 Å². The molecule has 0 unspecified atom stereocenters. The normalized spacial score (nSPS) is 18.4. The Balaban J connectivity index is 1.57. The Morgan fingerprint density at radius 1 is 1.26 bits per heavy atom. The topological polar surface area (TPSA) is 88.3 Å². The van der Waals surface area contributed by atoms with Crippen molar-refractivity contribution in [3.05, 3.63) is 57.2 Å². The molecule has 0 radical (unpaired) electrons. The number of aryl methyl sites for hydroxylation is 3. The van der Waals surface area contributed by atoms with Gasteiger partial charge in [0, 0.05) is 38.2 Å². The number of hydrogen-bond acceptors (Lipinski definition) is 6. The van der Waals surface area contributed by atoms with Gasteiger partial charge in [-0.25, -0.2) is 4.98 Å². The third-order valence-corrected chi connectivity index (χ3v) is 7.00. The van der Waals surface area contributed by atoms with Crippen LogP contribution in [0.1, 0.15) is 38.1 Å². The van der Waals surface area contributed by atoms with Crippen LogP contribution in [0, 0.1) is 26.2 Å². The number of hydrogen-bond donors (Lipinski definition) is 1. The van der Waals surface area contributed by atoms with Gasteiger partial charge in [0.2, 0.25) is 5.91 Å². The van der Waals surface area contributed by atoms with E-state index in [0.717, 1.165) is 27.5 Å². The summed E-state index contributed by atoms with van der Waals surface area (Å²) < 4.78 is 5.62. The largest absolute Gasteiger partial charge is 0.361 e. The molecule has 2 amide bonds. The third-order valence-electron chi connectivity index (χ3n) is 5.94. The number of nitrogens with one attached hydrogen (secondary N) is 1. The van der Waals surface area contributed by atoms with Crippen LogP contribution in [-0.2, 0) is 11.2 Å². The van der Waals surface area contributed by atoms with Crippen molar-refractivity contribution in [2.75, 3.05) is 20.1 Å². The number of likely N-dealkylation sites (tertiary alicyclic amines) is 1. The quantitative estimate of drug-likeness (QED) is 0.658. The lowest BCUT2D eigenvalue weighted by Crippen LogP contribution is -2.44. The molecule has 0 spiro atoms. The number of amides is 2. The fourth-order valence-corrected chi connectivity index (χ4v) is 5.20. The van der Waals surface area contributed by atoms with Crippen LogP contribution in [0.4, 0.5) is 0 Å². The second-order valence-electron chi connectivity index (χ2n) is 8.15. The first-order valence-electron chi connectivity index (χ1n) is 10.3. The number of carbonyl (C=O) groups excluding carboxylic acids is 2. The third kappa shape index (κ3) is 3.99. The maximum absolute atomic E-state index is 13.1. The molecule has 2 aromatic heterocycles. The molecule has 1 aromatic carbocycles. The van der Waals surface area contributed by atoms with Gasteiger partial charge in [-0.3, -0.25) is 9.59 Å². The van der Waals surface area contributed by atoms with Crippen molar-refractivity contribution in [2.45, 2.75) is 33.6 Å². The molecule has 1 N–H and O–H groups in total. The van der Waals surface area contributed by atoms with Gasteiger partial charge >= 0.3 is 0 Å². The Kier molecular flexibility index (Phi) is 5.66. The smallest absolute Gasteiger partial charge is 0.265 e. The summed E-state index contributed by atoms with van der Waals surface area (Å²) in [5, 5.41) is 7.87. The summed E-state index contributed by atoms with van der Waals surface area (Å²) in [5.74, 6) is 0.488. The van der Waals surface area contributed by atoms with E-state index >= 15 is 0 Å². The fraction of sp³-hybridized carbons (Fsp3) is 0.391. The lowest BCUT2D eigenvalue weighted by atomic mass is 9.81. The Morgan fingerprint density at radius 3 is 2.71 bits per heavy atom. The summed E-state index contributed by atoms with van der Waals surface area (Å²) in [6, 6.07) is 9.87. The number of benzene rings is 1. The average molecular weight is 439 g/mol. The van der Waals surface area contributed by atoms with E-state index in [0.29, 0.717) is 36.6 Å². The SMILES string of the molecule is CNC(=O)[C@@]1(Cc2cc(-c3ccccc3C)no2)CCN(C(=O)c2sc(C)nc2C)C1. The first-order valence-corrected chi connectivity index (χ1v) is 11.1. The summed E-state index contributed by atoms with van der Waals surface area (Å²) >= 11 is 1.40. The zero-order valence-corrected chi connectivity index (χ0v) is 19.0. The molecule has 1 aliphatic rings. The summed E-state index contributed by atoms with van der Waals surface area (Å²) in [7, 11) is 1.63. The molecule has 31 heavy (non-hydrogen) atoms. The Morgan fingerprint density at radius 2 is 2.03 bits per heavy atom. The van der Waals surface area contributed by atoms with Crippen LogP contribution in [-0.4, -0.2) is 47.0 Å². The van der Waals surface area contributed by atoms with E-state index in [1.807, 2.05) is 51.1 Å². The van der Waals surface area contributed by atoms with Crippen molar-refractivity contribution in [1.82, 2.24) is 20.4 Å². The van der Waals surface area contributed by atoms with Gasteiger partial charge in [-0.15, -0.1) is 11.3 Å². The molecule has 1 atom stereocenters. The number of rotatable bonds is 5. The second-order valence-corrected chi connectivity index (χ2v) is 9.36. The second kappa shape index (κ2) is 8.26. The molecular formula is C23H26N4O3S. The van der Waals surface area contributed by atoms with Gasteiger partial charge in [-0.1, -0.05) is 29.4 Å². The van der Waals surface area contributed by atoms with Crippen LogP contribution < -0.4 is 5.32 Å². The fourth-order valence-electron chi connectivity index (χ4n) is 4.31. The van der Waals surface area contributed by atoms with Gasteiger partial charge in [-0.05, 0) is 32.8 Å². The predicted molar refractivity (Wildman–Crippen MR) is 119 cm³/mol. The van der Waals surface area contributed by atoms with Crippen molar-refractivity contribution >= 4 is 23.2 Å². The average Bonchev–Trinajstić information content (AvgIpc) is 3.47. The molecule has 4 rings (SSSR count). The predicted octanol–water partition coefficient (Wildman–Crippen LogP) is 3.54. The van der Waals surface area contributed by atoms with E-state index in [2.05, 4.69) is 15.5 Å². The van der Waals surface area contributed by atoms with Crippen LogP contribution in [0.2, 0.25) is 0 Å². The molecule has 1 fully saturated rings. The highest BCUT2D eigenvalue weighted by atomic mass is 32.1. The molecular weight excluding hydrogens is 412 g/mol. The Labute approximate surface area is 185 Å². The molecule has 1 aliphatic heterocycles. The van der Waals surface area contributed by atoms with E-state index < -0.39 is 5.41 Å². The molecule has 162 valence electrons. The highest BCUT2D eigenvalue weighted by molar-refractivity contribution is 7.13. The molecule has 0 bridgehead atoms. The van der Waals surface area contributed by atoms with Crippen molar-refractivity contribution < 1.29 is 14.1 Å². The minimum absolute atomic E-state index is 0.0629. The van der Waals surface area contributed by atoms with Gasteiger partial charge in [0.15, 0.2) is 0 Å². The lowest BCUT2D eigenvalue weighted by Gasteiger charge is -2.26. The minimum Gasteiger partial charge on any atom is -0.361 e. The van der Waals surface area contributed by atoms with Gasteiger partial charge in [-0.2, -0.15) is 0 Å². The number of thiazole rings is 1. The maximum Gasteiger partial charge on any atom is 0.265 e. The van der Waals surface area contributed by atoms with Crippen LogP contribution in [0.5, 0.6) is 0 Å². The van der Waals surface area contributed by atoms with Gasteiger partial charge in [0.05, 0.1) is 16.1 Å². The van der Waals surface area contributed by atoms with Crippen molar-refractivity contribution in [2.24, 2.45) is 5.41 Å². The van der Waals surface area contributed by atoms with Crippen molar-refractivity contribution in [3.63, 3.8) is 0 Å². The first kappa shape index (κ1) is 21.2. The molecule has 1 saturated heterocycles. The van der Waals surface area contributed by atoms with Crippen molar-refractivity contribution in [1.29, 1.82) is 0 Å². The standard InChI is InChI=1S/C23H26N4O3S/c1-14-7-5-6-8-18(14)19-11-17(30-26-19)12-23(22(29)24-4)9-10-27(13-23)21(28)20-15(2)25-16(3)31-20/h5-8,11H,9-10,12-13H2,1-4H3,(H,24,29)/t23-/m1/s1. The Hall–Kier alpha value is -3.00. The van der Waals surface area contributed by atoms with Crippen LogP contribution in [0.15, 0.2) is 34.9 Å². The van der Waals surface area contributed by atoms with Crippen LogP contribution in [0.25, 0.3) is 11.3 Å². The maximum atomic E-state index is 13.1. The minimum atomic E-state index is -0.749. The molecule has 0 saturated carbocycles. The van der Waals surface area contributed by atoms with Gasteiger partial charge in [0.1, 0.15) is 16.3 Å². The molecule has 3 aromatic rings. The zero-order valence-electron chi connectivity index (χ0n) is 18.2. The molecule has 0 aliphatic carbocycles. The van der Waals surface area contributed by atoms with Crippen LogP contribution >= 0.6 is 11.3 Å². The summed E-state index contributed by atoms with van der Waals surface area (Å²) in [6.45, 7) is 6.62. The van der Waals surface area contributed by atoms with Gasteiger partial charge in [0.25, 0.3) is 5.91 Å². The highest BCUT2D eigenvalue weighted by Gasteiger charge is 2.47. The molecule has 3 heterocycles. The highest BCUT2D eigenvalue weighted by Crippen LogP contribution is 2.37. The van der Waals surface area contributed by atoms with Crippen molar-refractivity contribution in [3.8, 4) is 11.3 Å². The van der Waals surface area contributed by atoms with E-state index in [9.17, 15) is 9.59 Å². The molecule has 8 heteroatoms. The molecule has 7 nitrogen and oxygen atoms in total. The van der Waals surface area contributed by atoms with E-state index in [1.165, 1.54) is 11.3 Å². The number of carbonyl (C=O) groups is 2. The van der Waals surface area contributed by atoms with E-state index in [4.69, 9.17) is 4.52 Å². The van der Waals surface area contributed by atoms with E-state index in [-0.39, 0.29) is 11.8 Å². The van der Waals surface area contributed by atoms with Gasteiger partial charge < -0.3 is 14.7 Å².